The summed E-state index contributed by atoms with van der Waals surface area (Å²) in [5.74, 6) is -0.942. The number of primary amides is 1. The predicted octanol–water partition coefficient (Wildman–Crippen LogP) is 1.77. The molecule has 0 unspecified atom stereocenters. The Morgan fingerprint density at radius 3 is 2.65 bits per heavy atom. The molecule has 3 aromatic rings. The van der Waals surface area contributed by atoms with Crippen molar-refractivity contribution in [2.75, 3.05) is 0 Å². The van der Waals surface area contributed by atoms with E-state index in [9.17, 15) is 22.8 Å². The molecule has 0 saturated heterocycles. The fraction of sp³-hybridized carbons (Fsp3) is 0.214. The number of aryl methyl sites for hydroxylation is 1. The van der Waals surface area contributed by atoms with Crippen molar-refractivity contribution in [1.82, 2.24) is 14.6 Å². The molecule has 0 spiro atoms. The summed E-state index contributed by atoms with van der Waals surface area (Å²) in [6.07, 6.45) is -6.04. The number of fused-ring (bicyclic) bond motifs is 2. The largest absolute Gasteiger partial charge is 0.389 e. The summed E-state index contributed by atoms with van der Waals surface area (Å²) in [6.45, 7) is 0. The Labute approximate surface area is 126 Å². The first-order valence-electron chi connectivity index (χ1n) is 6.67. The third-order valence-electron chi connectivity index (χ3n) is 3.45. The Morgan fingerprint density at radius 2 is 2.00 bits per heavy atom. The van der Waals surface area contributed by atoms with Gasteiger partial charge in [-0.1, -0.05) is 12.1 Å². The van der Waals surface area contributed by atoms with Crippen molar-refractivity contribution in [2.45, 2.75) is 19.0 Å². The molecule has 1 aromatic carbocycles. The molecule has 0 atom stereocenters. The second kappa shape index (κ2) is 5.11. The van der Waals surface area contributed by atoms with Crippen LogP contribution < -0.4 is 11.3 Å². The first-order chi connectivity index (χ1) is 10.8. The molecule has 0 saturated carbocycles. The number of rotatable bonds is 3. The van der Waals surface area contributed by atoms with Crippen LogP contribution in [0.15, 0.2) is 29.1 Å². The predicted molar refractivity (Wildman–Crippen MR) is 76.2 cm³/mol. The molecule has 120 valence electrons. The van der Waals surface area contributed by atoms with Crippen molar-refractivity contribution in [1.29, 1.82) is 0 Å². The number of amides is 1. The SMILES string of the molecule is NC(=O)c1c(CCC(F)(F)F)[nH]n2c(=O)c3ccccc3nc12. The molecule has 3 N–H and O–H groups in total. The number of hydrogen-bond acceptors (Lipinski definition) is 3. The van der Waals surface area contributed by atoms with E-state index in [1.807, 2.05) is 0 Å². The topological polar surface area (TPSA) is 93.3 Å². The zero-order chi connectivity index (χ0) is 16.8. The molecule has 0 radical (unpaired) electrons. The highest BCUT2D eigenvalue weighted by Gasteiger charge is 2.29. The Morgan fingerprint density at radius 1 is 1.30 bits per heavy atom. The van der Waals surface area contributed by atoms with Crippen LogP contribution in [0.2, 0.25) is 0 Å². The van der Waals surface area contributed by atoms with Gasteiger partial charge in [0.2, 0.25) is 0 Å². The zero-order valence-electron chi connectivity index (χ0n) is 11.6. The van der Waals surface area contributed by atoms with Crippen LogP contribution in [0.25, 0.3) is 16.6 Å². The van der Waals surface area contributed by atoms with Gasteiger partial charge in [0.05, 0.1) is 10.9 Å². The molecule has 0 bridgehead atoms. The molecular formula is C14H11F3N4O2. The van der Waals surface area contributed by atoms with Gasteiger partial charge < -0.3 is 5.73 Å². The molecule has 6 nitrogen and oxygen atoms in total. The van der Waals surface area contributed by atoms with Gasteiger partial charge >= 0.3 is 6.18 Å². The molecular weight excluding hydrogens is 313 g/mol. The Balaban J connectivity index is 2.27. The molecule has 0 fully saturated rings. The third-order valence-corrected chi connectivity index (χ3v) is 3.45. The lowest BCUT2D eigenvalue weighted by Crippen LogP contribution is -2.17. The van der Waals surface area contributed by atoms with Gasteiger partial charge in [-0.15, -0.1) is 0 Å². The van der Waals surface area contributed by atoms with E-state index in [1.165, 1.54) is 6.07 Å². The molecule has 0 aliphatic heterocycles. The first-order valence-corrected chi connectivity index (χ1v) is 6.67. The van der Waals surface area contributed by atoms with Crippen molar-refractivity contribution in [3.63, 3.8) is 0 Å². The van der Waals surface area contributed by atoms with Crippen LogP contribution in [0.1, 0.15) is 22.5 Å². The van der Waals surface area contributed by atoms with Gasteiger partial charge in [-0.05, 0) is 18.6 Å². The van der Waals surface area contributed by atoms with Crippen molar-refractivity contribution >= 4 is 22.5 Å². The van der Waals surface area contributed by atoms with Crippen LogP contribution in [-0.2, 0) is 6.42 Å². The Bertz CT molecular complexity index is 972. The van der Waals surface area contributed by atoms with Gasteiger partial charge in [-0.2, -0.15) is 13.2 Å². The van der Waals surface area contributed by atoms with E-state index in [4.69, 9.17) is 5.73 Å². The van der Waals surface area contributed by atoms with E-state index >= 15 is 0 Å². The number of aromatic amines is 1. The number of para-hydroxylation sites is 1. The highest BCUT2D eigenvalue weighted by atomic mass is 19.4. The van der Waals surface area contributed by atoms with Crippen LogP contribution in [0.4, 0.5) is 13.2 Å². The summed E-state index contributed by atoms with van der Waals surface area (Å²) in [5, 5.41) is 2.80. The zero-order valence-corrected chi connectivity index (χ0v) is 11.6. The fourth-order valence-electron chi connectivity index (χ4n) is 2.44. The van der Waals surface area contributed by atoms with E-state index in [0.717, 1.165) is 4.52 Å². The van der Waals surface area contributed by atoms with Crippen LogP contribution in [0, 0.1) is 0 Å². The number of nitrogens with one attached hydrogen (secondary N) is 1. The number of nitrogens with two attached hydrogens (primary N) is 1. The number of benzene rings is 1. The van der Waals surface area contributed by atoms with Crippen LogP contribution >= 0.6 is 0 Å². The number of carbonyl (C=O) groups excluding carboxylic acids is 1. The number of alkyl halides is 3. The van der Waals surface area contributed by atoms with E-state index < -0.39 is 30.5 Å². The van der Waals surface area contributed by atoms with Crippen molar-refractivity contribution in [3.05, 3.63) is 45.9 Å². The van der Waals surface area contributed by atoms with Crippen molar-refractivity contribution < 1.29 is 18.0 Å². The summed E-state index contributed by atoms with van der Waals surface area (Å²) < 4.78 is 38.2. The second-order valence-electron chi connectivity index (χ2n) is 5.04. The lowest BCUT2D eigenvalue weighted by molar-refractivity contribution is -0.134. The van der Waals surface area contributed by atoms with Gasteiger partial charge in [0.15, 0.2) is 5.65 Å². The standard InChI is InChI=1S/C14H11F3N4O2/c15-14(16,17)6-5-9-10(11(18)22)12-19-8-4-2-1-3-7(8)13(23)21(12)20-9/h1-4,20H,5-6H2,(H2,18,22). The van der Waals surface area contributed by atoms with Crippen molar-refractivity contribution in [2.24, 2.45) is 5.73 Å². The molecule has 23 heavy (non-hydrogen) atoms. The molecule has 2 heterocycles. The lowest BCUT2D eigenvalue weighted by Gasteiger charge is -2.04. The number of H-pyrrole nitrogens is 1. The smallest absolute Gasteiger partial charge is 0.365 e. The summed E-state index contributed by atoms with van der Waals surface area (Å²) in [5.41, 5.74) is 4.76. The van der Waals surface area contributed by atoms with E-state index in [-0.39, 0.29) is 22.3 Å². The highest BCUT2D eigenvalue weighted by Crippen LogP contribution is 2.24. The second-order valence-corrected chi connectivity index (χ2v) is 5.04. The summed E-state index contributed by atoms with van der Waals surface area (Å²) >= 11 is 0. The quantitative estimate of drug-likeness (QED) is 0.769. The highest BCUT2D eigenvalue weighted by molar-refractivity contribution is 6.00. The molecule has 0 aliphatic rings. The maximum Gasteiger partial charge on any atom is 0.389 e. The molecule has 9 heteroatoms. The first kappa shape index (κ1) is 15.1. The van der Waals surface area contributed by atoms with Gasteiger partial charge in [0.25, 0.3) is 11.5 Å². The number of nitrogens with zero attached hydrogens (tertiary/aromatic N) is 2. The van der Waals surface area contributed by atoms with Crippen LogP contribution in [0.3, 0.4) is 0 Å². The van der Waals surface area contributed by atoms with Gasteiger partial charge in [-0.25, -0.2) is 9.50 Å². The van der Waals surface area contributed by atoms with E-state index in [0.29, 0.717) is 5.52 Å². The number of halogens is 3. The minimum absolute atomic E-state index is 0.0604. The van der Waals surface area contributed by atoms with Crippen LogP contribution in [0.5, 0.6) is 0 Å². The van der Waals surface area contributed by atoms with Crippen molar-refractivity contribution in [3.8, 4) is 0 Å². The molecule has 0 aliphatic carbocycles. The van der Waals surface area contributed by atoms with E-state index in [1.54, 1.807) is 18.2 Å². The van der Waals surface area contributed by atoms with Gasteiger partial charge in [-0.3, -0.25) is 14.7 Å². The number of carbonyl (C=O) groups is 1. The summed E-state index contributed by atoms with van der Waals surface area (Å²) in [7, 11) is 0. The maximum absolute atomic E-state index is 12.4. The molecule has 1 amide bonds. The minimum Gasteiger partial charge on any atom is -0.365 e. The molecule has 2 aromatic heterocycles. The summed E-state index contributed by atoms with van der Waals surface area (Å²) in [4.78, 5) is 28.2. The lowest BCUT2D eigenvalue weighted by atomic mass is 10.1. The van der Waals surface area contributed by atoms with Gasteiger partial charge in [0, 0.05) is 12.1 Å². The van der Waals surface area contributed by atoms with E-state index in [2.05, 4.69) is 10.1 Å². The Hall–Kier alpha value is -2.84. The molecule has 3 rings (SSSR count). The number of hydrogen-bond donors (Lipinski definition) is 2. The average Bonchev–Trinajstić information content (AvgIpc) is 2.83. The monoisotopic (exact) mass is 324 g/mol. The fourth-order valence-corrected chi connectivity index (χ4v) is 2.44. The maximum atomic E-state index is 12.4. The average molecular weight is 324 g/mol. The van der Waals surface area contributed by atoms with Gasteiger partial charge in [0.1, 0.15) is 5.56 Å². The minimum atomic E-state index is -4.39. The summed E-state index contributed by atoms with van der Waals surface area (Å²) in [6, 6.07) is 6.41. The Kier molecular flexibility index (Phi) is 3.35. The number of aromatic nitrogens is 3. The van der Waals surface area contributed by atoms with Crippen LogP contribution in [-0.4, -0.2) is 26.7 Å². The normalized spacial score (nSPS) is 12.1. The third kappa shape index (κ3) is 2.65.